The van der Waals surface area contributed by atoms with Crippen molar-refractivity contribution >= 4 is 11.7 Å². The number of benzene rings is 2. The Morgan fingerprint density at radius 1 is 0.871 bits per heavy atom. The number of amides is 1. The van der Waals surface area contributed by atoms with E-state index in [1.54, 1.807) is 7.11 Å². The van der Waals surface area contributed by atoms with Crippen LogP contribution in [0.25, 0.3) is 11.3 Å². The zero-order chi connectivity index (χ0) is 21.6. The van der Waals surface area contributed by atoms with Crippen molar-refractivity contribution in [3.63, 3.8) is 0 Å². The van der Waals surface area contributed by atoms with Gasteiger partial charge in [0.1, 0.15) is 5.75 Å². The molecule has 1 aromatic heterocycles. The van der Waals surface area contributed by atoms with Crippen molar-refractivity contribution in [2.45, 2.75) is 19.8 Å². The first-order valence-electron chi connectivity index (χ1n) is 10.7. The Morgan fingerprint density at radius 3 is 2.13 bits per heavy atom. The van der Waals surface area contributed by atoms with Crippen LogP contribution < -0.4 is 9.64 Å². The van der Waals surface area contributed by atoms with Crippen molar-refractivity contribution in [3.05, 3.63) is 71.8 Å². The molecule has 4 rings (SSSR count). The van der Waals surface area contributed by atoms with Crippen LogP contribution in [0, 0.1) is 0 Å². The van der Waals surface area contributed by atoms with E-state index in [9.17, 15) is 4.79 Å². The summed E-state index contributed by atoms with van der Waals surface area (Å²) in [5.74, 6) is 1.81. The van der Waals surface area contributed by atoms with Crippen molar-refractivity contribution in [1.82, 2.24) is 15.1 Å². The van der Waals surface area contributed by atoms with Crippen LogP contribution in [0.1, 0.15) is 18.1 Å². The van der Waals surface area contributed by atoms with Gasteiger partial charge in [-0.1, -0.05) is 43.3 Å². The van der Waals surface area contributed by atoms with Gasteiger partial charge in [0.2, 0.25) is 5.91 Å². The number of aryl methyl sites for hydroxylation is 1. The number of ether oxygens (including phenoxy) is 1. The molecular weight excluding hydrogens is 388 g/mol. The van der Waals surface area contributed by atoms with E-state index in [1.165, 1.54) is 5.56 Å². The highest BCUT2D eigenvalue weighted by molar-refractivity contribution is 5.79. The van der Waals surface area contributed by atoms with Crippen molar-refractivity contribution < 1.29 is 9.53 Å². The van der Waals surface area contributed by atoms with E-state index in [1.807, 2.05) is 41.3 Å². The molecule has 3 aromatic rings. The molecule has 0 spiro atoms. The lowest BCUT2D eigenvalue weighted by molar-refractivity contribution is -0.130. The highest BCUT2D eigenvalue weighted by atomic mass is 16.5. The fourth-order valence-corrected chi connectivity index (χ4v) is 3.77. The van der Waals surface area contributed by atoms with Crippen LogP contribution in [0.2, 0.25) is 0 Å². The number of nitrogens with zero attached hydrogens (tertiary/aromatic N) is 4. The Kier molecular flexibility index (Phi) is 6.46. The topological polar surface area (TPSA) is 58.6 Å². The van der Waals surface area contributed by atoms with E-state index in [0.29, 0.717) is 19.5 Å². The fourth-order valence-electron chi connectivity index (χ4n) is 3.77. The SMILES string of the molecule is CCc1ccc(-c2ccc(N3CCN(C(=O)Cc4ccc(OC)cc4)CC3)nn2)cc1. The third-order valence-corrected chi connectivity index (χ3v) is 5.78. The molecule has 0 aliphatic carbocycles. The van der Waals surface area contributed by atoms with Gasteiger partial charge in [-0.25, -0.2) is 0 Å². The smallest absolute Gasteiger partial charge is 0.227 e. The van der Waals surface area contributed by atoms with Gasteiger partial charge in [-0.15, -0.1) is 10.2 Å². The van der Waals surface area contributed by atoms with Gasteiger partial charge >= 0.3 is 0 Å². The standard InChI is InChI=1S/C25H28N4O2/c1-3-19-4-8-21(9-5-19)23-12-13-24(27-26-23)28-14-16-29(17-15-28)25(30)18-20-6-10-22(31-2)11-7-20/h4-13H,3,14-18H2,1-2H3. The van der Waals surface area contributed by atoms with Crippen LogP contribution in [-0.4, -0.2) is 54.3 Å². The third-order valence-electron chi connectivity index (χ3n) is 5.78. The molecule has 0 bridgehead atoms. The minimum Gasteiger partial charge on any atom is -0.497 e. The number of rotatable bonds is 6. The Balaban J connectivity index is 1.32. The largest absolute Gasteiger partial charge is 0.497 e. The summed E-state index contributed by atoms with van der Waals surface area (Å²) < 4.78 is 5.17. The van der Waals surface area contributed by atoms with E-state index in [4.69, 9.17) is 4.74 Å². The first-order chi connectivity index (χ1) is 15.2. The van der Waals surface area contributed by atoms with Crippen molar-refractivity contribution in [3.8, 4) is 17.0 Å². The number of hydrogen-bond donors (Lipinski definition) is 0. The molecule has 1 fully saturated rings. The lowest BCUT2D eigenvalue weighted by atomic mass is 10.1. The van der Waals surface area contributed by atoms with Crippen molar-refractivity contribution in [2.24, 2.45) is 0 Å². The van der Waals surface area contributed by atoms with E-state index in [-0.39, 0.29) is 5.91 Å². The van der Waals surface area contributed by atoms with Gasteiger partial charge in [-0.05, 0) is 41.8 Å². The molecule has 6 nitrogen and oxygen atoms in total. The molecule has 2 heterocycles. The van der Waals surface area contributed by atoms with E-state index in [0.717, 1.165) is 47.9 Å². The van der Waals surface area contributed by atoms with Gasteiger partial charge in [0.15, 0.2) is 5.82 Å². The molecule has 0 saturated carbocycles. The van der Waals surface area contributed by atoms with Crippen LogP contribution in [0.3, 0.4) is 0 Å². The van der Waals surface area contributed by atoms with Crippen LogP contribution in [0.5, 0.6) is 5.75 Å². The van der Waals surface area contributed by atoms with Crippen LogP contribution in [0.15, 0.2) is 60.7 Å². The molecule has 1 amide bonds. The first kappa shape index (κ1) is 20.8. The van der Waals surface area contributed by atoms with Crippen LogP contribution in [-0.2, 0) is 17.6 Å². The summed E-state index contributed by atoms with van der Waals surface area (Å²) >= 11 is 0. The number of aromatic nitrogens is 2. The third kappa shape index (κ3) is 5.02. The van der Waals surface area contributed by atoms with Crippen molar-refractivity contribution in [1.29, 1.82) is 0 Å². The summed E-state index contributed by atoms with van der Waals surface area (Å²) in [7, 11) is 1.64. The van der Waals surface area contributed by atoms with Gasteiger partial charge in [-0.2, -0.15) is 0 Å². The molecule has 0 N–H and O–H groups in total. The Hall–Kier alpha value is -3.41. The normalized spacial score (nSPS) is 13.9. The second-order valence-electron chi connectivity index (χ2n) is 7.72. The molecule has 0 atom stereocenters. The minimum absolute atomic E-state index is 0.154. The molecule has 31 heavy (non-hydrogen) atoms. The Bertz CT molecular complexity index is 993. The second kappa shape index (κ2) is 9.60. The highest BCUT2D eigenvalue weighted by Gasteiger charge is 2.22. The highest BCUT2D eigenvalue weighted by Crippen LogP contribution is 2.20. The van der Waals surface area contributed by atoms with E-state index in [2.05, 4.69) is 46.3 Å². The number of anilines is 1. The number of hydrogen-bond acceptors (Lipinski definition) is 5. The minimum atomic E-state index is 0.154. The molecule has 2 aromatic carbocycles. The quantitative estimate of drug-likeness (QED) is 0.614. The van der Waals surface area contributed by atoms with E-state index >= 15 is 0 Å². The number of methoxy groups -OCH3 is 1. The van der Waals surface area contributed by atoms with Gasteiger partial charge in [-0.3, -0.25) is 4.79 Å². The predicted octanol–water partition coefficient (Wildman–Crippen LogP) is 3.61. The number of carbonyl (C=O) groups excluding carboxylic acids is 1. The summed E-state index contributed by atoms with van der Waals surface area (Å²) in [4.78, 5) is 16.8. The maximum absolute atomic E-state index is 12.7. The maximum Gasteiger partial charge on any atom is 0.227 e. The molecule has 0 radical (unpaired) electrons. The average molecular weight is 417 g/mol. The summed E-state index contributed by atoms with van der Waals surface area (Å²) in [5.41, 5.74) is 4.26. The molecular formula is C25H28N4O2. The molecule has 1 saturated heterocycles. The molecule has 1 aliphatic rings. The summed E-state index contributed by atoms with van der Waals surface area (Å²) in [6, 6.07) is 20.2. The lowest BCUT2D eigenvalue weighted by Crippen LogP contribution is -2.49. The lowest BCUT2D eigenvalue weighted by Gasteiger charge is -2.35. The van der Waals surface area contributed by atoms with Gasteiger partial charge < -0.3 is 14.5 Å². The molecule has 160 valence electrons. The maximum atomic E-state index is 12.7. The summed E-state index contributed by atoms with van der Waals surface area (Å²) in [6.45, 7) is 5.05. The fraction of sp³-hybridized carbons (Fsp3) is 0.320. The number of piperazine rings is 1. The zero-order valence-electron chi connectivity index (χ0n) is 18.1. The zero-order valence-corrected chi connectivity index (χ0v) is 18.1. The van der Waals surface area contributed by atoms with Crippen molar-refractivity contribution in [2.75, 3.05) is 38.2 Å². The summed E-state index contributed by atoms with van der Waals surface area (Å²) in [6.07, 6.45) is 1.44. The predicted molar refractivity (Wildman–Crippen MR) is 122 cm³/mol. The summed E-state index contributed by atoms with van der Waals surface area (Å²) in [5, 5.41) is 8.86. The first-order valence-corrected chi connectivity index (χ1v) is 10.7. The van der Waals surface area contributed by atoms with Crippen LogP contribution >= 0.6 is 0 Å². The number of carbonyl (C=O) groups is 1. The molecule has 1 aliphatic heterocycles. The van der Waals surface area contributed by atoms with Gasteiger partial charge in [0, 0.05) is 31.7 Å². The van der Waals surface area contributed by atoms with Crippen LogP contribution in [0.4, 0.5) is 5.82 Å². The molecule has 6 heteroatoms. The van der Waals surface area contributed by atoms with Gasteiger partial charge in [0.05, 0.1) is 19.2 Å². The average Bonchev–Trinajstić information content (AvgIpc) is 2.85. The Labute approximate surface area is 183 Å². The van der Waals surface area contributed by atoms with Gasteiger partial charge in [0.25, 0.3) is 0 Å². The monoisotopic (exact) mass is 416 g/mol. The molecule has 0 unspecified atom stereocenters. The second-order valence-corrected chi connectivity index (χ2v) is 7.72. The van der Waals surface area contributed by atoms with E-state index < -0.39 is 0 Å². The Morgan fingerprint density at radius 2 is 1.55 bits per heavy atom.